The Bertz CT molecular complexity index is 699. The van der Waals surface area contributed by atoms with Crippen molar-refractivity contribution in [2.75, 3.05) is 13.1 Å². The molecule has 1 saturated carbocycles. The Morgan fingerprint density at radius 1 is 1.00 bits per heavy atom. The van der Waals surface area contributed by atoms with Crippen molar-refractivity contribution in [3.8, 4) is 0 Å². The van der Waals surface area contributed by atoms with Gasteiger partial charge < -0.3 is 0 Å². The molecule has 1 aromatic carbocycles. The molecule has 6 heteroatoms. The summed E-state index contributed by atoms with van der Waals surface area (Å²) in [6, 6.07) is 7.25. The van der Waals surface area contributed by atoms with Crippen molar-refractivity contribution in [1.29, 1.82) is 0 Å². The van der Waals surface area contributed by atoms with Crippen molar-refractivity contribution in [3.63, 3.8) is 0 Å². The minimum atomic E-state index is -0.202. The average Bonchev–Trinajstić information content (AvgIpc) is 3.15. The van der Waals surface area contributed by atoms with Crippen molar-refractivity contribution in [2.24, 2.45) is 5.92 Å². The Morgan fingerprint density at radius 3 is 2.38 bits per heavy atom. The van der Waals surface area contributed by atoms with E-state index in [4.69, 9.17) is 0 Å². The van der Waals surface area contributed by atoms with Gasteiger partial charge in [-0.05, 0) is 72.8 Å². The standard InChI is InChI=1S/C20H28FN5/c1-15-11-13-25(14-12-15)19(16-7-9-17(21)10-8-16)20-22-23-24-26(20)18-5-3-2-4-6-18/h7-10,15,18-19H,2-6,11-14H2,1H3. The van der Waals surface area contributed by atoms with E-state index in [0.29, 0.717) is 6.04 Å². The molecule has 0 bridgehead atoms. The Labute approximate surface area is 154 Å². The fourth-order valence-electron chi connectivity index (χ4n) is 4.42. The Hall–Kier alpha value is -1.82. The molecule has 0 N–H and O–H groups in total. The first kappa shape index (κ1) is 17.6. The van der Waals surface area contributed by atoms with E-state index in [1.165, 1.54) is 32.1 Å². The summed E-state index contributed by atoms with van der Waals surface area (Å²) in [4.78, 5) is 2.47. The minimum absolute atomic E-state index is 0.0000246. The van der Waals surface area contributed by atoms with Gasteiger partial charge in [0.1, 0.15) is 5.82 Å². The minimum Gasteiger partial charge on any atom is -0.290 e. The third-order valence-electron chi connectivity index (χ3n) is 6.05. The topological polar surface area (TPSA) is 46.8 Å². The molecule has 5 nitrogen and oxygen atoms in total. The average molecular weight is 357 g/mol. The van der Waals surface area contributed by atoms with Crippen LogP contribution in [0.2, 0.25) is 0 Å². The van der Waals surface area contributed by atoms with Gasteiger partial charge in [-0.3, -0.25) is 4.90 Å². The number of hydrogen-bond acceptors (Lipinski definition) is 4. The summed E-state index contributed by atoms with van der Waals surface area (Å²) in [6.07, 6.45) is 8.44. The van der Waals surface area contributed by atoms with Crippen molar-refractivity contribution < 1.29 is 4.39 Å². The number of likely N-dealkylation sites (tertiary alicyclic amines) is 1. The van der Waals surface area contributed by atoms with Gasteiger partial charge in [-0.1, -0.05) is 38.3 Å². The number of aromatic nitrogens is 4. The maximum atomic E-state index is 13.5. The third kappa shape index (κ3) is 3.65. The molecule has 140 valence electrons. The summed E-state index contributed by atoms with van der Waals surface area (Å²) in [5.74, 6) is 1.47. The highest BCUT2D eigenvalue weighted by molar-refractivity contribution is 5.25. The van der Waals surface area contributed by atoms with E-state index in [9.17, 15) is 4.39 Å². The molecule has 4 rings (SSSR count). The van der Waals surface area contributed by atoms with E-state index in [1.807, 2.05) is 12.1 Å². The molecule has 0 amide bonds. The first-order valence-corrected chi connectivity index (χ1v) is 9.99. The molecule has 1 unspecified atom stereocenters. The first-order chi connectivity index (χ1) is 12.7. The number of benzene rings is 1. The fraction of sp³-hybridized carbons (Fsp3) is 0.650. The molecule has 0 spiro atoms. The zero-order valence-corrected chi connectivity index (χ0v) is 15.5. The normalized spacial score (nSPS) is 21.8. The van der Waals surface area contributed by atoms with E-state index in [2.05, 4.69) is 32.0 Å². The van der Waals surface area contributed by atoms with Crippen molar-refractivity contribution >= 4 is 0 Å². The van der Waals surface area contributed by atoms with Crippen LogP contribution in [0, 0.1) is 11.7 Å². The summed E-state index contributed by atoms with van der Waals surface area (Å²) in [7, 11) is 0. The van der Waals surface area contributed by atoms with Gasteiger partial charge in [-0.15, -0.1) is 5.10 Å². The lowest BCUT2D eigenvalue weighted by atomic mass is 9.93. The summed E-state index contributed by atoms with van der Waals surface area (Å²) in [6.45, 7) is 4.37. The molecule has 1 aliphatic heterocycles. The molecule has 26 heavy (non-hydrogen) atoms. The van der Waals surface area contributed by atoms with Gasteiger partial charge in [-0.25, -0.2) is 9.07 Å². The third-order valence-corrected chi connectivity index (χ3v) is 6.05. The van der Waals surface area contributed by atoms with Crippen LogP contribution in [-0.4, -0.2) is 38.2 Å². The van der Waals surface area contributed by atoms with Crippen molar-refractivity contribution in [3.05, 3.63) is 41.5 Å². The largest absolute Gasteiger partial charge is 0.290 e. The van der Waals surface area contributed by atoms with Crippen LogP contribution in [0.4, 0.5) is 4.39 Å². The van der Waals surface area contributed by atoms with Crippen LogP contribution < -0.4 is 0 Å². The molecule has 0 radical (unpaired) electrons. The van der Waals surface area contributed by atoms with E-state index < -0.39 is 0 Å². The molecule has 2 fully saturated rings. The van der Waals surface area contributed by atoms with Crippen LogP contribution in [-0.2, 0) is 0 Å². The van der Waals surface area contributed by atoms with Crippen LogP contribution in [0.5, 0.6) is 0 Å². The fourth-order valence-corrected chi connectivity index (χ4v) is 4.42. The Kier molecular flexibility index (Phi) is 5.29. The quantitative estimate of drug-likeness (QED) is 0.825. The van der Waals surface area contributed by atoms with Gasteiger partial charge in [0.15, 0.2) is 5.82 Å². The molecule has 1 atom stereocenters. The van der Waals surface area contributed by atoms with Gasteiger partial charge in [0.05, 0.1) is 12.1 Å². The predicted octanol–water partition coefficient (Wildman–Crippen LogP) is 4.14. The maximum absolute atomic E-state index is 13.5. The van der Waals surface area contributed by atoms with Crippen LogP contribution >= 0.6 is 0 Å². The van der Waals surface area contributed by atoms with Crippen LogP contribution in [0.25, 0.3) is 0 Å². The highest BCUT2D eigenvalue weighted by atomic mass is 19.1. The number of piperidine rings is 1. The molecular formula is C20H28FN5. The number of tetrazole rings is 1. The van der Waals surface area contributed by atoms with E-state index >= 15 is 0 Å². The zero-order chi connectivity index (χ0) is 17.9. The second-order valence-corrected chi connectivity index (χ2v) is 7.95. The Balaban J connectivity index is 1.69. The highest BCUT2D eigenvalue weighted by Gasteiger charge is 2.32. The Morgan fingerprint density at radius 2 is 1.69 bits per heavy atom. The lowest BCUT2D eigenvalue weighted by Gasteiger charge is -2.37. The van der Waals surface area contributed by atoms with Gasteiger partial charge in [0.2, 0.25) is 0 Å². The second kappa shape index (κ2) is 7.82. The summed E-state index contributed by atoms with van der Waals surface area (Å²) in [5, 5.41) is 12.9. The molecule has 1 aromatic heterocycles. The monoisotopic (exact) mass is 357 g/mol. The zero-order valence-electron chi connectivity index (χ0n) is 15.5. The van der Waals surface area contributed by atoms with Gasteiger partial charge in [-0.2, -0.15) is 0 Å². The SMILES string of the molecule is CC1CCN(C(c2ccc(F)cc2)c2nnnn2C2CCCCC2)CC1. The number of hydrogen-bond donors (Lipinski definition) is 0. The number of rotatable bonds is 4. The molecule has 2 aliphatic rings. The van der Waals surface area contributed by atoms with Crippen molar-refractivity contribution in [2.45, 2.75) is 64.0 Å². The molecular weight excluding hydrogens is 329 g/mol. The molecule has 1 aliphatic carbocycles. The number of halogens is 1. The predicted molar refractivity (Wildman–Crippen MR) is 98.2 cm³/mol. The van der Waals surface area contributed by atoms with Crippen LogP contribution in [0.15, 0.2) is 24.3 Å². The lowest BCUT2D eigenvalue weighted by molar-refractivity contribution is 0.146. The molecule has 2 heterocycles. The maximum Gasteiger partial charge on any atom is 0.173 e. The van der Waals surface area contributed by atoms with Crippen LogP contribution in [0.3, 0.4) is 0 Å². The van der Waals surface area contributed by atoms with E-state index in [1.54, 1.807) is 12.1 Å². The highest BCUT2D eigenvalue weighted by Crippen LogP contribution is 2.35. The lowest BCUT2D eigenvalue weighted by Crippen LogP contribution is -2.38. The van der Waals surface area contributed by atoms with Gasteiger partial charge in [0, 0.05) is 0 Å². The smallest absolute Gasteiger partial charge is 0.173 e. The molecule has 1 saturated heterocycles. The van der Waals surface area contributed by atoms with Gasteiger partial charge >= 0.3 is 0 Å². The van der Waals surface area contributed by atoms with E-state index in [0.717, 1.165) is 43.2 Å². The number of nitrogens with zero attached hydrogens (tertiary/aromatic N) is 5. The summed E-state index contributed by atoms with van der Waals surface area (Å²) >= 11 is 0. The molecule has 2 aromatic rings. The second-order valence-electron chi connectivity index (χ2n) is 7.95. The van der Waals surface area contributed by atoms with E-state index in [-0.39, 0.29) is 11.9 Å². The van der Waals surface area contributed by atoms with Crippen molar-refractivity contribution in [1.82, 2.24) is 25.1 Å². The summed E-state index contributed by atoms with van der Waals surface area (Å²) in [5.41, 5.74) is 1.08. The summed E-state index contributed by atoms with van der Waals surface area (Å²) < 4.78 is 15.6. The van der Waals surface area contributed by atoms with Crippen LogP contribution in [0.1, 0.15) is 75.3 Å². The first-order valence-electron chi connectivity index (χ1n) is 9.99. The van der Waals surface area contributed by atoms with Gasteiger partial charge in [0.25, 0.3) is 0 Å².